The lowest BCUT2D eigenvalue weighted by molar-refractivity contribution is 0.112. The summed E-state index contributed by atoms with van der Waals surface area (Å²) in [5, 5.41) is 3.65. The third-order valence-corrected chi connectivity index (χ3v) is 4.13. The second-order valence-electron chi connectivity index (χ2n) is 5.40. The Morgan fingerprint density at radius 2 is 2.06 bits per heavy atom. The van der Waals surface area contributed by atoms with Gasteiger partial charge in [0.1, 0.15) is 0 Å². The van der Waals surface area contributed by atoms with Crippen molar-refractivity contribution in [2.45, 2.75) is 65.5 Å². The zero-order valence-electron chi connectivity index (χ0n) is 11.6. The Morgan fingerprint density at radius 3 is 2.69 bits per heavy atom. The first-order valence-corrected chi connectivity index (χ1v) is 7.16. The minimum Gasteiger partial charge on any atom is -0.314 e. The molecule has 1 saturated heterocycles. The molecule has 96 valence electrons. The molecule has 3 atom stereocenters. The molecule has 1 fully saturated rings. The van der Waals surface area contributed by atoms with Crippen LogP contribution in [-0.2, 0) is 0 Å². The third kappa shape index (κ3) is 4.06. The maximum Gasteiger partial charge on any atom is 0.00792 e. The quantitative estimate of drug-likeness (QED) is 0.749. The van der Waals surface area contributed by atoms with Crippen LogP contribution < -0.4 is 5.32 Å². The van der Waals surface area contributed by atoms with Crippen LogP contribution in [0.4, 0.5) is 0 Å². The lowest BCUT2D eigenvalue weighted by atomic mass is 9.90. The minimum atomic E-state index is 0.687. The van der Waals surface area contributed by atoms with E-state index < -0.39 is 0 Å². The van der Waals surface area contributed by atoms with Gasteiger partial charge in [-0.25, -0.2) is 0 Å². The van der Waals surface area contributed by atoms with E-state index in [1.165, 1.54) is 45.3 Å². The molecule has 0 radical (unpaired) electrons. The molecule has 0 aromatic heterocycles. The SMILES string of the molecule is CCCNC(C)C1CCCN(C(C)CC)C1. The van der Waals surface area contributed by atoms with Crippen molar-refractivity contribution < 1.29 is 0 Å². The van der Waals surface area contributed by atoms with Crippen molar-refractivity contribution in [3.8, 4) is 0 Å². The van der Waals surface area contributed by atoms with Crippen LogP contribution in [0.25, 0.3) is 0 Å². The Morgan fingerprint density at radius 1 is 1.31 bits per heavy atom. The zero-order valence-corrected chi connectivity index (χ0v) is 11.6. The lowest BCUT2D eigenvalue weighted by Crippen LogP contribution is -2.47. The predicted octanol–water partition coefficient (Wildman–Crippen LogP) is 2.89. The molecule has 0 aliphatic carbocycles. The number of hydrogen-bond acceptors (Lipinski definition) is 2. The minimum absolute atomic E-state index is 0.687. The molecular weight excluding hydrogens is 196 g/mol. The largest absolute Gasteiger partial charge is 0.314 e. The molecule has 0 aromatic carbocycles. The fraction of sp³-hybridized carbons (Fsp3) is 1.00. The molecule has 16 heavy (non-hydrogen) atoms. The number of rotatable bonds is 6. The van der Waals surface area contributed by atoms with Crippen LogP contribution in [0.5, 0.6) is 0 Å². The molecule has 0 bridgehead atoms. The van der Waals surface area contributed by atoms with Crippen LogP contribution in [-0.4, -0.2) is 36.6 Å². The van der Waals surface area contributed by atoms with E-state index >= 15 is 0 Å². The Labute approximate surface area is 102 Å². The van der Waals surface area contributed by atoms with E-state index in [0.717, 1.165) is 12.0 Å². The summed E-state index contributed by atoms with van der Waals surface area (Å²) in [4.78, 5) is 2.68. The van der Waals surface area contributed by atoms with Crippen molar-refractivity contribution in [1.82, 2.24) is 10.2 Å². The first-order valence-electron chi connectivity index (χ1n) is 7.16. The van der Waals surface area contributed by atoms with Crippen LogP contribution in [0.2, 0.25) is 0 Å². The van der Waals surface area contributed by atoms with E-state index in [2.05, 4.69) is 37.9 Å². The van der Waals surface area contributed by atoms with Gasteiger partial charge in [-0.1, -0.05) is 13.8 Å². The standard InChI is InChI=1S/C14H30N2/c1-5-9-15-13(4)14-8-7-10-16(11-14)12(3)6-2/h12-15H,5-11H2,1-4H3. The predicted molar refractivity (Wildman–Crippen MR) is 71.8 cm³/mol. The van der Waals surface area contributed by atoms with Gasteiger partial charge in [-0.05, 0) is 58.5 Å². The van der Waals surface area contributed by atoms with Crippen LogP contribution in [0.15, 0.2) is 0 Å². The van der Waals surface area contributed by atoms with Crippen molar-refractivity contribution in [3.05, 3.63) is 0 Å². The van der Waals surface area contributed by atoms with E-state index in [-0.39, 0.29) is 0 Å². The van der Waals surface area contributed by atoms with Gasteiger partial charge in [0.15, 0.2) is 0 Å². The van der Waals surface area contributed by atoms with Crippen molar-refractivity contribution in [1.29, 1.82) is 0 Å². The van der Waals surface area contributed by atoms with Crippen molar-refractivity contribution in [3.63, 3.8) is 0 Å². The smallest absolute Gasteiger partial charge is 0.00792 e. The fourth-order valence-corrected chi connectivity index (χ4v) is 2.65. The molecule has 0 saturated carbocycles. The zero-order chi connectivity index (χ0) is 12.0. The summed E-state index contributed by atoms with van der Waals surface area (Å²) in [7, 11) is 0. The molecule has 0 spiro atoms. The van der Waals surface area contributed by atoms with Gasteiger partial charge >= 0.3 is 0 Å². The maximum atomic E-state index is 3.65. The third-order valence-electron chi connectivity index (χ3n) is 4.13. The van der Waals surface area contributed by atoms with E-state index in [1.807, 2.05) is 0 Å². The summed E-state index contributed by atoms with van der Waals surface area (Å²) in [6.45, 7) is 13.0. The second kappa shape index (κ2) is 7.29. The molecule has 1 N–H and O–H groups in total. The highest BCUT2D eigenvalue weighted by molar-refractivity contribution is 4.82. The highest BCUT2D eigenvalue weighted by Gasteiger charge is 2.25. The first-order chi connectivity index (χ1) is 7.69. The number of piperidine rings is 1. The molecule has 0 aromatic rings. The molecule has 1 aliphatic heterocycles. The average Bonchev–Trinajstić information content (AvgIpc) is 2.35. The number of nitrogens with one attached hydrogen (secondary N) is 1. The monoisotopic (exact) mass is 226 g/mol. The van der Waals surface area contributed by atoms with Gasteiger partial charge in [0.05, 0.1) is 0 Å². The van der Waals surface area contributed by atoms with Crippen molar-refractivity contribution in [2.24, 2.45) is 5.92 Å². The van der Waals surface area contributed by atoms with E-state index in [4.69, 9.17) is 0 Å². The van der Waals surface area contributed by atoms with Gasteiger partial charge in [-0.3, -0.25) is 0 Å². The summed E-state index contributed by atoms with van der Waals surface area (Å²) < 4.78 is 0. The Balaban J connectivity index is 2.37. The van der Waals surface area contributed by atoms with E-state index in [9.17, 15) is 0 Å². The molecule has 0 amide bonds. The normalized spacial score (nSPS) is 26.6. The number of nitrogens with zero attached hydrogens (tertiary/aromatic N) is 1. The van der Waals surface area contributed by atoms with Crippen molar-refractivity contribution in [2.75, 3.05) is 19.6 Å². The number of hydrogen-bond donors (Lipinski definition) is 1. The summed E-state index contributed by atoms with van der Waals surface area (Å²) in [5.41, 5.74) is 0. The fourth-order valence-electron chi connectivity index (χ4n) is 2.65. The van der Waals surface area contributed by atoms with Crippen LogP contribution in [0.3, 0.4) is 0 Å². The highest BCUT2D eigenvalue weighted by Crippen LogP contribution is 2.22. The van der Waals surface area contributed by atoms with E-state index in [0.29, 0.717) is 6.04 Å². The molecule has 1 aliphatic rings. The summed E-state index contributed by atoms with van der Waals surface area (Å²) in [6, 6.07) is 1.45. The lowest BCUT2D eigenvalue weighted by Gasteiger charge is -2.39. The Bertz CT molecular complexity index is 182. The van der Waals surface area contributed by atoms with Crippen LogP contribution >= 0.6 is 0 Å². The van der Waals surface area contributed by atoms with Gasteiger partial charge < -0.3 is 10.2 Å². The second-order valence-corrected chi connectivity index (χ2v) is 5.40. The summed E-state index contributed by atoms with van der Waals surface area (Å²) >= 11 is 0. The van der Waals surface area contributed by atoms with Crippen molar-refractivity contribution >= 4 is 0 Å². The molecule has 3 unspecified atom stereocenters. The van der Waals surface area contributed by atoms with Crippen LogP contribution in [0.1, 0.15) is 53.4 Å². The molecule has 2 heteroatoms. The van der Waals surface area contributed by atoms with Gasteiger partial charge in [0, 0.05) is 18.6 Å². The average molecular weight is 226 g/mol. The summed E-state index contributed by atoms with van der Waals surface area (Å²) in [6.07, 6.45) is 5.31. The molecule has 2 nitrogen and oxygen atoms in total. The highest BCUT2D eigenvalue weighted by atomic mass is 15.2. The number of likely N-dealkylation sites (tertiary alicyclic amines) is 1. The van der Waals surface area contributed by atoms with E-state index in [1.54, 1.807) is 0 Å². The topological polar surface area (TPSA) is 15.3 Å². The summed E-state index contributed by atoms with van der Waals surface area (Å²) in [5.74, 6) is 0.856. The molecular formula is C14H30N2. The Kier molecular flexibility index (Phi) is 6.37. The van der Waals surface area contributed by atoms with Gasteiger partial charge in [0.25, 0.3) is 0 Å². The molecule has 1 rings (SSSR count). The van der Waals surface area contributed by atoms with Crippen LogP contribution in [0, 0.1) is 5.92 Å². The van der Waals surface area contributed by atoms with Gasteiger partial charge in [-0.2, -0.15) is 0 Å². The van der Waals surface area contributed by atoms with Gasteiger partial charge in [0.2, 0.25) is 0 Å². The Hall–Kier alpha value is -0.0800. The van der Waals surface area contributed by atoms with Gasteiger partial charge in [-0.15, -0.1) is 0 Å². The molecule has 1 heterocycles. The first kappa shape index (κ1) is 14.0. The maximum absolute atomic E-state index is 3.65.